The summed E-state index contributed by atoms with van der Waals surface area (Å²) in [6.07, 6.45) is 5.19. The van der Waals surface area contributed by atoms with Gasteiger partial charge in [0.05, 0.1) is 19.1 Å². The highest BCUT2D eigenvalue weighted by Gasteiger charge is 2.29. The minimum atomic E-state index is -3.28. The fraction of sp³-hybridized carbons (Fsp3) is 0.409. The van der Waals surface area contributed by atoms with Crippen LogP contribution in [-0.2, 0) is 9.84 Å². The van der Waals surface area contributed by atoms with Crippen LogP contribution in [0.2, 0.25) is 0 Å². The van der Waals surface area contributed by atoms with E-state index in [9.17, 15) is 13.2 Å². The predicted octanol–water partition coefficient (Wildman–Crippen LogP) is 3.56. The number of sulfone groups is 1. The SMILES string of the molecule is COc1ccc(C2CCCCC2NC(=O)c2ccc(S(C)(=O)=O)cc2)cc1OC. The third-order valence-corrected chi connectivity index (χ3v) is 6.59. The Morgan fingerprint density at radius 1 is 0.966 bits per heavy atom. The summed E-state index contributed by atoms with van der Waals surface area (Å²) < 4.78 is 34.0. The Labute approximate surface area is 172 Å². The van der Waals surface area contributed by atoms with Crippen LogP contribution in [0.3, 0.4) is 0 Å². The van der Waals surface area contributed by atoms with Gasteiger partial charge in [-0.2, -0.15) is 0 Å². The Balaban J connectivity index is 1.79. The second-order valence-corrected chi connectivity index (χ2v) is 9.40. The zero-order valence-corrected chi connectivity index (χ0v) is 17.8. The Bertz CT molecular complexity index is 969. The van der Waals surface area contributed by atoms with Crippen molar-refractivity contribution in [2.45, 2.75) is 42.5 Å². The molecule has 0 spiro atoms. The van der Waals surface area contributed by atoms with Crippen LogP contribution in [-0.4, -0.2) is 40.8 Å². The average Bonchev–Trinajstić information content (AvgIpc) is 2.73. The quantitative estimate of drug-likeness (QED) is 0.777. The van der Waals surface area contributed by atoms with Gasteiger partial charge in [-0.15, -0.1) is 0 Å². The summed E-state index contributed by atoms with van der Waals surface area (Å²) in [4.78, 5) is 13.0. The van der Waals surface area contributed by atoms with Crippen molar-refractivity contribution in [3.63, 3.8) is 0 Å². The standard InChI is InChI=1S/C22H27NO5S/c1-27-20-13-10-16(14-21(20)28-2)18-6-4-5-7-19(18)23-22(24)15-8-11-17(12-9-15)29(3,25)26/h8-14,18-19H,4-7H2,1-3H3,(H,23,24). The van der Waals surface area contributed by atoms with Gasteiger partial charge >= 0.3 is 0 Å². The van der Waals surface area contributed by atoms with E-state index >= 15 is 0 Å². The second kappa shape index (κ2) is 8.86. The molecule has 0 bridgehead atoms. The van der Waals surface area contributed by atoms with Crippen LogP contribution in [0.1, 0.15) is 47.5 Å². The van der Waals surface area contributed by atoms with Crippen molar-refractivity contribution in [2.75, 3.05) is 20.5 Å². The van der Waals surface area contributed by atoms with E-state index in [1.165, 1.54) is 12.1 Å². The van der Waals surface area contributed by atoms with Crippen molar-refractivity contribution >= 4 is 15.7 Å². The third-order valence-electron chi connectivity index (χ3n) is 5.46. The topological polar surface area (TPSA) is 81.7 Å². The van der Waals surface area contributed by atoms with Gasteiger partial charge in [-0.25, -0.2) is 8.42 Å². The summed E-state index contributed by atoms with van der Waals surface area (Å²) >= 11 is 0. The highest BCUT2D eigenvalue weighted by Crippen LogP contribution is 2.37. The first-order valence-electron chi connectivity index (χ1n) is 9.66. The molecule has 2 aromatic rings. The van der Waals surface area contributed by atoms with Crippen molar-refractivity contribution in [1.29, 1.82) is 0 Å². The number of rotatable bonds is 6. The van der Waals surface area contributed by atoms with Crippen LogP contribution in [0.4, 0.5) is 0 Å². The van der Waals surface area contributed by atoms with Gasteiger partial charge in [0.1, 0.15) is 0 Å². The summed E-state index contributed by atoms with van der Waals surface area (Å²) in [5.41, 5.74) is 1.56. The molecule has 7 heteroatoms. The lowest BCUT2D eigenvalue weighted by atomic mass is 9.79. The zero-order valence-electron chi connectivity index (χ0n) is 17.0. The Hall–Kier alpha value is -2.54. The fourth-order valence-electron chi connectivity index (χ4n) is 3.89. The van der Waals surface area contributed by atoms with Gasteiger partial charge in [0, 0.05) is 23.8 Å². The molecule has 1 aliphatic rings. The first-order chi connectivity index (χ1) is 13.8. The molecule has 0 aromatic heterocycles. The molecule has 0 saturated heterocycles. The van der Waals surface area contributed by atoms with Crippen molar-refractivity contribution in [3.05, 3.63) is 53.6 Å². The highest BCUT2D eigenvalue weighted by atomic mass is 32.2. The van der Waals surface area contributed by atoms with Crippen molar-refractivity contribution in [3.8, 4) is 11.5 Å². The lowest BCUT2D eigenvalue weighted by Crippen LogP contribution is -2.41. The van der Waals surface area contributed by atoms with Gasteiger partial charge in [0.25, 0.3) is 5.91 Å². The summed E-state index contributed by atoms with van der Waals surface area (Å²) in [7, 11) is -0.0631. The maximum absolute atomic E-state index is 12.8. The first kappa shape index (κ1) is 21.2. The Kier molecular flexibility index (Phi) is 6.47. The molecule has 0 radical (unpaired) electrons. The molecular weight excluding hydrogens is 390 g/mol. The number of benzene rings is 2. The highest BCUT2D eigenvalue weighted by molar-refractivity contribution is 7.90. The number of nitrogens with one attached hydrogen (secondary N) is 1. The molecule has 3 rings (SSSR count). The van der Waals surface area contributed by atoms with Crippen LogP contribution in [0.15, 0.2) is 47.4 Å². The van der Waals surface area contributed by atoms with Crippen LogP contribution in [0.25, 0.3) is 0 Å². The Morgan fingerprint density at radius 3 is 2.24 bits per heavy atom. The van der Waals surface area contributed by atoms with Crippen LogP contribution < -0.4 is 14.8 Å². The number of methoxy groups -OCH3 is 2. The van der Waals surface area contributed by atoms with E-state index in [2.05, 4.69) is 5.32 Å². The van der Waals surface area contributed by atoms with Crippen molar-refractivity contribution < 1.29 is 22.7 Å². The van der Waals surface area contributed by atoms with Crippen LogP contribution in [0, 0.1) is 0 Å². The molecule has 2 atom stereocenters. The molecule has 1 amide bonds. The van der Waals surface area contributed by atoms with E-state index in [0.717, 1.165) is 37.5 Å². The number of carbonyl (C=O) groups is 1. The maximum atomic E-state index is 12.8. The summed E-state index contributed by atoms with van der Waals surface area (Å²) in [6, 6.07) is 12.0. The molecule has 0 aliphatic heterocycles. The summed E-state index contributed by atoms with van der Waals surface area (Å²) in [5.74, 6) is 1.35. The van der Waals surface area contributed by atoms with E-state index in [1.54, 1.807) is 26.4 Å². The maximum Gasteiger partial charge on any atom is 0.251 e. The van der Waals surface area contributed by atoms with Crippen LogP contribution >= 0.6 is 0 Å². The van der Waals surface area contributed by atoms with Gasteiger partial charge in [0.15, 0.2) is 21.3 Å². The van der Waals surface area contributed by atoms with E-state index in [1.807, 2.05) is 18.2 Å². The largest absolute Gasteiger partial charge is 0.493 e. The summed E-state index contributed by atoms with van der Waals surface area (Å²) in [6.45, 7) is 0. The lowest BCUT2D eigenvalue weighted by Gasteiger charge is -2.33. The van der Waals surface area contributed by atoms with Gasteiger partial charge in [-0.3, -0.25) is 4.79 Å². The van der Waals surface area contributed by atoms with Gasteiger partial charge in [-0.05, 0) is 54.8 Å². The van der Waals surface area contributed by atoms with Gasteiger partial charge in [-0.1, -0.05) is 18.9 Å². The number of amides is 1. The van der Waals surface area contributed by atoms with Crippen molar-refractivity contribution in [1.82, 2.24) is 5.32 Å². The minimum absolute atomic E-state index is 0.00364. The predicted molar refractivity (Wildman–Crippen MR) is 112 cm³/mol. The molecule has 2 aromatic carbocycles. The number of hydrogen-bond acceptors (Lipinski definition) is 5. The molecule has 156 valence electrons. The molecule has 2 unspecified atom stereocenters. The lowest BCUT2D eigenvalue weighted by molar-refractivity contribution is 0.0920. The summed E-state index contributed by atoms with van der Waals surface area (Å²) in [5, 5.41) is 3.15. The molecule has 1 aliphatic carbocycles. The van der Waals surface area contributed by atoms with E-state index in [0.29, 0.717) is 17.1 Å². The molecule has 1 saturated carbocycles. The molecular formula is C22H27NO5S. The molecule has 1 fully saturated rings. The second-order valence-electron chi connectivity index (χ2n) is 7.38. The Morgan fingerprint density at radius 2 is 1.62 bits per heavy atom. The van der Waals surface area contributed by atoms with Gasteiger partial charge in [0.2, 0.25) is 0 Å². The normalized spacial score (nSPS) is 19.4. The molecule has 1 N–H and O–H groups in total. The number of ether oxygens (including phenoxy) is 2. The molecule has 29 heavy (non-hydrogen) atoms. The van der Waals surface area contributed by atoms with Gasteiger partial charge < -0.3 is 14.8 Å². The first-order valence-corrected chi connectivity index (χ1v) is 11.6. The monoisotopic (exact) mass is 417 g/mol. The van der Waals surface area contributed by atoms with E-state index in [-0.39, 0.29) is 22.8 Å². The van der Waals surface area contributed by atoms with E-state index in [4.69, 9.17) is 9.47 Å². The average molecular weight is 418 g/mol. The third kappa shape index (κ3) is 4.90. The molecule has 6 nitrogen and oxygen atoms in total. The van der Waals surface area contributed by atoms with Crippen LogP contribution in [0.5, 0.6) is 11.5 Å². The molecule has 0 heterocycles. The number of carbonyl (C=O) groups excluding carboxylic acids is 1. The smallest absolute Gasteiger partial charge is 0.251 e. The minimum Gasteiger partial charge on any atom is -0.493 e. The van der Waals surface area contributed by atoms with Crippen molar-refractivity contribution in [2.24, 2.45) is 0 Å². The fourth-order valence-corrected chi connectivity index (χ4v) is 4.52. The number of hydrogen-bond donors (Lipinski definition) is 1. The zero-order chi connectivity index (χ0) is 21.0. The van der Waals surface area contributed by atoms with E-state index < -0.39 is 9.84 Å².